The van der Waals surface area contributed by atoms with E-state index in [0.717, 1.165) is 5.56 Å². The predicted octanol–water partition coefficient (Wildman–Crippen LogP) is 2.10. The highest BCUT2D eigenvalue weighted by Gasteiger charge is 2.20. The molecule has 0 bridgehead atoms. The summed E-state index contributed by atoms with van der Waals surface area (Å²) in [6.07, 6.45) is 0.190. The fraction of sp³-hybridized carbons (Fsp3) is 0.500. The molecule has 0 spiro atoms. The summed E-state index contributed by atoms with van der Waals surface area (Å²) in [6, 6.07) is 8.13. The third kappa shape index (κ3) is 9.34. The van der Waals surface area contributed by atoms with E-state index in [0.29, 0.717) is 6.42 Å². The van der Waals surface area contributed by atoms with Gasteiger partial charge in [0.15, 0.2) is 0 Å². The predicted molar refractivity (Wildman–Crippen MR) is 93.2 cm³/mol. The molecule has 0 aliphatic rings. The Hall–Kier alpha value is -2.57. The monoisotopic (exact) mass is 350 g/mol. The van der Waals surface area contributed by atoms with Crippen LogP contribution >= 0.6 is 0 Å². The van der Waals surface area contributed by atoms with Crippen molar-refractivity contribution in [3.63, 3.8) is 0 Å². The van der Waals surface area contributed by atoms with Gasteiger partial charge >= 0.3 is 12.1 Å². The standard InChI is InChI=1S/C18H26N2O5/c1-18(2,3)25-17(24)19-11-7-10-15(21)20-14(16(22)23)12-13-8-5-4-6-9-13/h4-6,8-9,14H,7,10-12H2,1-3H3,(H,19,24)(H,20,21)(H,22,23)/t14-/m0/s1. The molecule has 0 aliphatic carbocycles. The van der Waals surface area contributed by atoms with Crippen molar-refractivity contribution in [1.82, 2.24) is 10.6 Å². The highest BCUT2D eigenvalue weighted by Crippen LogP contribution is 2.06. The van der Waals surface area contributed by atoms with Gasteiger partial charge in [0.25, 0.3) is 0 Å². The van der Waals surface area contributed by atoms with Crippen molar-refractivity contribution in [3.8, 4) is 0 Å². The van der Waals surface area contributed by atoms with Crippen LogP contribution in [0.25, 0.3) is 0 Å². The Morgan fingerprint density at radius 3 is 2.36 bits per heavy atom. The van der Waals surface area contributed by atoms with Gasteiger partial charge in [0.1, 0.15) is 11.6 Å². The fourth-order valence-corrected chi connectivity index (χ4v) is 2.07. The van der Waals surface area contributed by atoms with E-state index < -0.39 is 23.7 Å². The number of benzene rings is 1. The summed E-state index contributed by atoms with van der Waals surface area (Å²) in [5, 5.41) is 14.3. The normalized spacial score (nSPS) is 12.1. The smallest absolute Gasteiger partial charge is 0.407 e. The number of amides is 2. The third-order valence-electron chi connectivity index (χ3n) is 3.16. The minimum Gasteiger partial charge on any atom is -0.480 e. The van der Waals surface area contributed by atoms with Gasteiger partial charge in [-0.05, 0) is 32.8 Å². The molecule has 0 heterocycles. The summed E-state index contributed by atoms with van der Waals surface area (Å²) in [4.78, 5) is 34.7. The zero-order valence-corrected chi connectivity index (χ0v) is 14.9. The number of ether oxygens (including phenoxy) is 1. The quantitative estimate of drug-likeness (QED) is 0.623. The number of alkyl carbamates (subject to hydrolysis) is 1. The summed E-state index contributed by atoms with van der Waals surface area (Å²) in [5.74, 6) is -1.45. The molecule has 0 saturated carbocycles. The number of carbonyl (C=O) groups excluding carboxylic acids is 2. The van der Waals surface area contributed by atoms with Crippen molar-refractivity contribution in [2.24, 2.45) is 0 Å². The molecular formula is C18H26N2O5. The molecule has 1 rings (SSSR count). The maximum atomic E-state index is 11.9. The van der Waals surface area contributed by atoms with Crippen LogP contribution in [0.3, 0.4) is 0 Å². The summed E-state index contributed by atoms with van der Waals surface area (Å²) >= 11 is 0. The molecule has 0 fully saturated rings. The van der Waals surface area contributed by atoms with Crippen molar-refractivity contribution in [1.29, 1.82) is 0 Å². The van der Waals surface area contributed by atoms with Crippen LogP contribution in [0.5, 0.6) is 0 Å². The number of hydrogen-bond donors (Lipinski definition) is 3. The van der Waals surface area contributed by atoms with E-state index in [2.05, 4.69) is 10.6 Å². The van der Waals surface area contributed by atoms with E-state index in [1.165, 1.54) is 0 Å². The van der Waals surface area contributed by atoms with Gasteiger partial charge in [0, 0.05) is 19.4 Å². The lowest BCUT2D eigenvalue weighted by Gasteiger charge is -2.19. The van der Waals surface area contributed by atoms with E-state index in [-0.39, 0.29) is 25.3 Å². The van der Waals surface area contributed by atoms with E-state index in [1.807, 2.05) is 30.3 Å². The first-order valence-corrected chi connectivity index (χ1v) is 8.20. The van der Waals surface area contributed by atoms with Gasteiger partial charge in [-0.3, -0.25) is 4.79 Å². The van der Waals surface area contributed by atoms with Crippen molar-refractivity contribution < 1.29 is 24.2 Å². The SMILES string of the molecule is CC(C)(C)OC(=O)NCCCC(=O)N[C@@H](Cc1ccccc1)C(=O)O. The molecule has 0 saturated heterocycles. The molecule has 7 nitrogen and oxygen atoms in total. The van der Waals surface area contributed by atoms with Crippen molar-refractivity contribution >= 4 is 18.0 Å². The van der Waals surface area contributed by atoms with Crippen molar-refractivity contribution in [3.05, 3.63) is 35.9 Å². The van der Waals surface area contributed by atoms with Crippen LogP contribution in [0, 0.1) is 0 Å². The minimum absolute atomic E-state index is 0.119. The summed E-state index contributed by atoms with van der Waals surface area (Å²) < 4.78 is 5.08. The average molecular weight is 350 g/mol. The van der Waals surface area contributed by atoms with Gasteiger partial charge in [0.2, 0.25) is 5.91 Å². The van der Waals surface area contributed by atoms with Gasteiger partial charge in [-0.25, -0.2) is 9.59 Å². The summed E-state index contributed by atoms with van der Waals surface area (Å²) in [7, 11) is 0. The fourth-order valence-electron chi connectivity index (χ4n) is 2.07. The summed E-state index contributed by atoms with van der Waals surface area (Å²) in [5.41, 5.74) is 0.259. The summed E-state index contributed by atoms with van der Waals surface area (Å²) in [6.45, 7) is 5.56. The van der Waals surface area contributed by atoms with E-state index in [4.69, 9.17) is 4.74 Å². The number of nitrogens with one attached hydrogen (secondary N) is 2. The highest BCUT2D eigenvalue weighted by molar-refractivity contribution is 5.83. The average Bonchev–Trinajstić information content (AvgIpc) is 2.50. The Morgan fingerprint density at radius 1 is 1.16 bits per heavy atom. The molecule has 0 radical (unpaired) electrons. The molecular weight excluding hydrogens is 324 g/mol. The number of carbonyl (C=O) groups is 3. The molecule has 0 aromatic heterocycles. The lowest BCUT2D eigenvalue weighted by Crippen LogP contribution is -2.42. The molecule has 1 aromatic carbocycles. The molecule has 1 aromatic rings. The Morgan fingerprint density at radius 2 is 1.80 bits per heavy atom. The Bertz CT molecular complexity index is 581. The van der Waals surface area contributed by atoms with Gasteiger partial charge in [-0.1, -0.05) is 30.3 Å². The van der Waals surface area contributed by atoms with Crippen LogP contribution in [0.15, 0.2) is 30.3 Å². The molecule has 138 valence electrons. The van der Waals surface area contributed by atoms with Crippen LogP contribution in [0.4, 0.5) is 4.79 Å². The lowest BCUT2D eigenvalue weighted by molar-refractivity contribution is -0.141. The molecule has 3 N–H and O–H groups in total. The second-order valence-corrected chi connectivity index (χ2v) is 6.68. The largest absolute Gasteiger partial charge is 0.480 e. The molecule has 1 atom stereocenters. The first kappa shape index (κ1) is 20.5. The van der Waals surface area contributed by atoms with E-state index in [9.17, 15) is 19.5 Å². The Labute approximate surface area is 147 Å². The maximum absolute atomic E-state index is 11.9. The van der Waals surface area contributed by atoms with Crippen LogP contribution in [0.2, 0.25) is 0 Å². The van der Waals surface area contributed by atoms with Crippen molar-refractivity contribution in [2.75, 3.05) is 6.54 Å². The molecule has 2 amide bonds. The van der Waals surface area contributed by atoms with Crippen LogP contribution in [-0.4, -0.2) is 41.3 Å². The highest BCUT2D eigenvalue weighted by atomic mass is 16.6. The number of rotatable bonds is 8. The minimum atomic E-state index is -1.08. The first-order chi connectivity index (χ1) is 11.7. The topological polar surface area (TPSA) is 105 Å². The number of aliphatic carboxylic acids is 1. The molecule has 0 unspecified atom stereocenters. The van der Waals surface area contributed by atoms with Gasteiger partial charge in [-0.2, -0.15) is 0 Å². The number of carboxylic acids is 1. The Kier molecular flexibility index (Phi) is 7.91. The molecule has 7 heteroatoms. The maximum Gasteiger partial charge on any atom is 0.407 e. The molecule has 25 heavy (non-hydrogen) atoms. The van der Waals surface area contributed by atoms with Crippen LogP contribution in [0.1, 0.15) is 39.2 Å². The second-order valence-electron chi connectivity index (χ2n) is 6.68. The zero-order valence-electron chi connectivity index (χ0n) is 14.9. The Balaban J connectivity index is 2.33. The lowest BCUT2D eigenvalue weighted by atomic mass is 10.1. The first-order valence-electron chi connectivity index (χ1n) is 8.20. The third-order valence-corrected chi connectivity index (χ3v) is 3.16. The molecule has 0 aliphatic heterocycles. The van der Waals surface area contributed by atoms with E-state index in [1.54, 1.807) is 20.8 Å². The zero-order chi connectivity index (χ0) is 18.9. The van der Waals surface area contributed by atoms with Gasteiger partial charge in [0.05, 0.1) is 0 Å². The number of hydrogen-bond acceptors (Lipinski definition) is 4. The van der Waals surface area contributed by atoms with Gasteiger partial charge in [-0.15, -0.1) is 0 Å². The van der Waals surface area contributed by atoms with Gasteiger partial charge < -0.3 is 20.5 Å². The van der Waals surface area contributed by atoms with Crippen molar-refractivity contribution in [2.45, 2.75) is 51.7 Å². The second kappa shape index (κ2) is 9.66. The number of carboxylic acid groups (broad SMARTS) is 1. The van der Waals surface area contributed by atoms with E-state index >= 15 is 0 Å². The van der Waals surface area contributed by atoms with Crippen LogP contribution < -0.4 is 10.6 Å². The van der Waals surface area contributed by atoms with Crippen LogP contribution in [-0.2, 0) is 20.7 Å².